The summed E-state index contributed by atoms with van der Waals surface area (Å²) >= 11 is 0. The molecule has 0 saturated carbocycles. The maximum atomic E-state index is 10.8. The summed E-state index contributed by atoms with van der Waals surface area (Å²) in [5.74, 6) is 0. The number of aromatic amines is 1. The molecule has 0 aliphatic carbocycles. The second kappa shape index (κ2) is 3.67. The third-order valence-corrected chi connectivity index (χ3v) is 2.65. The number of aromatic nitrogens is 1. The summed E-state index contributed by atoms with van der Waals surface area (Å²) in [6, 6.07) is 7.67. The van der Waals surface area contributed by atoms with Crippen LogP contribution in [0.2, 0.25) is 0 Å². The van der Waals surface area contributed by atoms with Gasteiger partial charge in [-0.15, -0.1) is 0 Å². The van der Waals surface area contributed by atoms with Gasteiger partial charge in [0, 0.05) is 22.7 Å². The predicted molar refractivity (Wildman–Crippen MR) is 57.9 cm³/mol. The van der Waals surface area contributed by atoms with Crippen molar-refractivity contribution in [3.05, 3.63) is 36.0 Å². The molecule has 0 unspecified atom stereocenters. The number of H-pyrrole nitrogens is 1. The van der Waals surface area contributed by atoms with Gasteiger partial charge in [0.25, 0.3) is 10.1 Å². The van der Waals surface area contributed by atoms with Gasteiger partial charge < -0.3 is 4.98 Å². The van der Waals surface area contributed by atoms with Crippen molar-refractivity contribution in [3.63, 3.8) is 0 Å². The summed E-state index contributed by atoms with van der Waals surface area (Å²) in [6.45, 7) is 0.0723. The molecule has 0 radical (unpaired) electrons. The third-order valence-electron chi connectivity index (χ3n) is 2.10. The first-order valence-corrected chi connectivity index (χ1v) is 6.27. The van der Waals surface area contributed by atoms with Gasteiger partial charge in [-0.05, 0) is 6.07 Å². The number of fused-ring (bicyclic) bond motifs is 1. The first-order valence-electron chi connectivity index (χ1n) is 4.46. The van der Waals surface area contributed by atoms with E-state index in [2.05, 4.69) is 4.98 Å². The van der Waals surface area contributed by atoms with E-state index in [0.717, 1.165) is 22.7 Å². The Labute approximate surface area is 88.0 Å². The molecular weight excluding hydrogens is 214 g/mol. The van der Waals surface area contributed by atoms with Gasteiger partial charge >= 0.3 is 0 Å². The fourth-order valence-electron chi connectivity index (χ4n) is 1.42. The minimum Gasteiger partial charge on any atom is -0.361 e. The molecule has 0 saturated heterocycles. The minimum atomic E-state index is -3.38. The predicted octanol–water partition coefficient (Wildman–Crippen LogP) is 1.64. The second-order valence-electron chi connectivity index (χ2n) is 3.33. The Hall–Kier alpha value is -1.33. The molecule has 1 N–H and O–H groups in total. The Morgan fingerprint density at radius 2 is 2.07 bits per heavy atom. The normalized spacial score (nSPS) is 12.1. The molecule has 0 aliphatic heterocycles. The summed E-state index contributed by atoms with van der Waals surface area (Å²) in [7, 11) is -3.38. The van der Waals surface area contributed by atoms with Crippen LogP contribution >= 0.6 is 0 Å². The average Bonchev–Trinajstić information content (AvgIpc) is 2.57. The average molecular weight is 225 g/mol. The standard InChI is InChI=1S/C10H11NO3S/c1-15(12,13)14-7-8-6-11-10-5-3-2-4-9(8)10/h2-6,11H,7H2,1H3. The Kier molecular flexibility index (Phi) is 2.50. The van der Waals surface area contributed by atoms with Crippen LogP contribution in [0.5, 0.6) is 0 Å². The van der Waals surface area contributed by atoms with Crippen molar-refractivity contribution < 1.29 is 12.6 Å². The van der Waals surface area contributed by atoms with Crippen LogP contribution in [0.25, 0.3) is 10.9 Å². The van der Waals surface area contributed by atoms with Crippen LogP contribution in [0.4, 0.5) is 0 Å². The molecule has 0 amide bonds. The molecule has 80 valence electrons. The van der Waals surface area contributed by atoms with E-state index in [-0.39, 0.29) is 6.61 Å². The summed E-state index contributed by atoms with van der Waals surface area (Å²) in [4.78, 5) is 3.05. The van der Waals surface area contributed by atoms with E-state index in [4.69, 9.17) is 4.18 Å². The molecule has 0 spiro atoms. The van der Waals surface area contributed by atoms with E-state index in [1.807, 2.05) is 24.3 Å². The molecule has 1 aromatic carbocycles. The molecule has 0 aliphatic rings. The maximum absolute atomic E-state index is 10.8. The van der Waals surface area contributed by atoms with E-state index in [1.54, 1.807) is 6.20 Å². The van der Waals surface area contributed by atoms with Crippen molar-refractivity contribution in [3.8, 4) is 0 Å². The highest BCUT2D eigenvalue weighted by atomic mass is 32.2. The highest BCUT2D eigenvalue weighted by Crippen LogP contribution is 2.18. The summed E-state index contributed by atoms with van der Waals surface area (Å²) in [5.41, 5.74) is 1.82. The van der Waals surface area contributed by atoms with E-state index in [1.165, 1.54) is 0 Å². The molecule has 4 nitrogen and oxygen atoms in total. The van der Waals surface area contributed by atoms with E-state index in [0.29, 0.717) is 0 Å². The van der Waals surface area contributed by atoms with E-state index in [9.17, 15) is 8.42 Å². The second-order valence-corrected chi connectivity index (χ2v) is 4.97. The maximum Gasteiger partial charge on any atom is 0.264 e. The molecule has 0 fully saturated rings. The summed E-state index contributed by atoms with van der Waals surface area (Å²) in [6.07, 6.45) is 2.80. The van der Waals surface area contributed by atoms with Gasteiger partial charge in [-0.2, -0.15) is 8.42 Å². The van der Waals surface area contributed by atoms with E-state index >= 15 is 0 Å². The summed E-state index contributed by atoms with van der Waals surface area (Å²) < 4.78 is 26.4. The van der Waals surface area contributed by atoms with Crippen LogP contribution in [-0.2, 0) is 20.9 Å². The number of nitrogens with one attached hydrogen (secondary N) is 1. The van der Waals surface area contributed by atoms with Crippen LogP contribution in [0.1, 0.15) is 5.56 Å². The van der Waals surface area contributed by atoms with Crippen LogP contribution in [0.3, 0.4) is 0 Å². The quantitative estimate of drug-likeness (QED) is 0.808. The van der Waals surface area contributed by atoms with Gasteiger partial charge in [-0.3, -0.25) is 4.18 Å². The number of para-hydroxylation sites is 1. The van der Waals surface area contributed by atoms with Crippen molar-refractivity contribution >= 4 is 21.0 Å². The molecule has 15 heavy (non-hydrogen) atoms. The van der Waals surface area contributed by atoms with Gasteiger partial charge in [0.1, 0.15) is 0 Å². The largest absolute Gasteiger partial charge is 0.361 e. The van der Waals surface area contributed by atoms with Gasteiger partial charge in [0.15, 0.2) is 0 Å². The molecule has 1 aromatic heterocycles. The molecule has 2 rings (SSSR count). The molecule has 0 bridgehead atoms. The SMILES string of the molecule is CS(=O)(=O)OCc1c[nH]c2ccccc12. The topological polar surface area (TPSA) is 59.2 Å². The zero-order chi connectivity index (χ0) is 10.9. The van der Waals surface area contributed by atoms with Crippen LogP contribution < -0.4 is 0 Å². The Morgan fingerprint density at radius 3 is 2.80 bits per heavy atom. The van der Waals surface area contributed by atoms with Crippen molar-refractivity contribution in [2.75, 3.05) is 6.26 Å². The first kappa shape index (κ1) is 10.2. The van der Waals surface area contributed by atoms with Crippen molar-refractivity contribution in [2.45, 2.75) is 6.61 Å². The lowest BCUT2D eigenvalue weighted by Crippen LogP contribution is -2.02. The minimum absolute atomic E-state index is 0.0723. The number of rotatable bonds is 3. The van der Waals surface area contributed by atoms with Crippen LogP contribution in [0, 0.1) is 0 Å². The van der Waals surface area contributed by atoms with Crippen molar-refractivity contribution in [1.29, 1.82) is 0 Å². The number of hydrogen-bond donors (Lipinski definition) is 1. The zero-order valence-electron chi connectivity index (χ0n) is 8.23. The fraction of sp³-hybridized carbons (Fsp3) is 0.200. The lowest BCUT2D eigenvalue weighted by atomic mass is 10.2. The monoisotopic (exact) mass is 225 g/mol. The van der Waals surface area contributed by atoms with Crippen molar-refractivity contribution in [2.24, 2.45) is 0 Å². The third kappa shape index (κ3) is 2.37. The lowest BCUT2D eigenvalue weighted by Gasteiger charge is -1.99. The van der Waals surface area contributed by atoms with Gasteiger partial charge in [-0.1, -0.05) is 18.2 Å². The fourth-order valence-corrected chi connectivity index (χ4v) is 1.76. The first-order chi connectivity index (χ1) is 7.06. The smallest absolute Gasteiger partial charge is 0.264 e. The van der Waals surface area contributed by atoms with Gasteiger partial charge in [0.05, 0.1) is 12.9 Å². The van der Waals surface area contributed by atoms with Gasteiger partial charge in [0.2, 0.25) is 0 Å². The highest BCUT2D eigenvalue weighted by molar-refractivity contribution is 7.85. The van der Waals surface area contributed by atoms with Crippen LogP contribution in [0.15, 0.2) is 30.5 Å². The molecule has 1 heterocycles. The van der Waals surface area contributed by atoms with Crippen LogP contribution in [-0.4, -0.2) is 19.7 Å². The molecular formula is C10H11NO3S. The molecule has 5 heteroatoms. The van der Waals surface area contributed by atoms with E-state index < -0.39 is 10.1 Å². The molecule has 0 atom stereocenters. The Bertz CT molecular complexity index is 571. The Morgan fingerprint density at radius 1 is 1.33 bits per heavy atom. The number of benzene rings is 1. The van der Waals surface area contributed by atoms with Gasteiger partial charge in [-0.25, -0.2) is 0 Å². The van der Waals surface area contributed by atoms with Crippen molar-refractivity contribution in [1.82, 2.24) is 4.98 Å². The summed E-state index contributed by atoms with van der Waals surface area (Å²) in [5, 5.41) is 0.987. The molecule has 2 aromatic rings. The zero-order valence-corrected chi connectivity index (χ0v) is 9.04. The Balaban J connectivity index is 2.29. The lowest BCUT2D eigenvalue weighted by molar-refractivity contribution is 0.313. The highest BCUT2D eigenvalue weighted by Gasteiger charge is 2.06. The number of hydrogen-bond acceptors (Lipinski definition) is 3.